The molecule has 0 fully saturated rings. The van der Waals surface area contributed by atoms with E-state index in [-0.39, 0.29) is 8.31 Å². The zero-order valence-electron chi connectivity index (χ0n) is 11.4. The lowest BCUT2D eigenvalue weighted by Gasteiger charge is -2.19. The van der Waals surface area contributed by atoms with Crippen LogP contribution in [-0.2, 0) is 0 Å². The van der Waals surface area contributed by atoms with Gasteiger partial charge in [0.1, 0.15) is 0 Å². The van der Waals surface area contributed by atoms with Gasteiger partial charge in [-0.05, 0) is 11.8 Å². The average Bonchev–Trinajstić information content (AvgIpc) is 2.00. The van der Waals surface area contributed by atoms with Gasteiger partial charge in [-0.25, -0.2) is 0 Å². The van der Waals surface area contributed by atoms with Crippen molar-refractivity contribution < 1.29 is 0 Å². The highest BCUT2D eigenvalue weighted by Gasteiger charge is 2.15. The predicted octanol–water partition coefficient (Wildman–Crippen LogP) is 3.69. The van der Waals surface area contributed by atoms with Gasteiger partial charge in [-0.3, -0.25) is 0 Å². The highest BCUT2D eigenvalue weighted by Crippen LogP contribution is 2.14. The van der Waals surface area contributed by atoms with Crippen LogP contribution in [0.1, 0.15) is 41.5 Å². The molecule has 5 radical (unpaired) electrons. The maximum absolute atomic E-state index is 2.39. The molecule has 0 heterocycles. The first-order valence-electron chi connectivity index (χ1n) is 6.25. The number of hydrogen-bond donors (Lipinski definition) is 0. The molecule has 3 heteroatoms. The van der Waals surface area contributed by atoms with Crippen molar-refractivity contribution in [2.75, 3.05) is 0 Å². The topological polar surface area (TPSA) is 0 Å². The molecule has 0 saturated carbocycles. The summed E-state index contributed by atoms with van der Waals surface area (Å²) in [5.41, 5.74) is 0. The lowest BCUT2D eigenvalue weighted by molar-refractivity contribution is 0.697. The van der Waals surface area contributed by atoms with Gasteiger partial charge in [-0.1, -0.05) is 65.6 Å². The van der Waals surface area contributed by atoms with Crippen LogP contribution >= 0.6 is 0 Å². The minimum absolute atomic E-state index is 0.000808. The third kappa shape index (κ3) is 10.9. The molecular formula is C12H27Si3. The molecule has 0 nitrogen and oxygen atoms in total. The van der Waals surface area contributed by atoms with E-state index in [0.29, 0.717) is 0 Å². The lowest BCUT2D eigenvalue weighted by atomic mass is 10.3. The number of rotatable bonds is 8. The van der Waals surface area contributed by atoms with E-state index in [9.17, 15) is 0 Å². The Hall–Kier alpha value is 0.651. The fourth-order valence-electron chi connectivity index (χ4n) is 1.55. The van der Waals surface area contributed by atoms with Gasteiger partial charge in [0.25, 0.3) is 0 Å². The Kier molecular flexibility index (Phi) is 9.14. The van der Waals surface area contributed by atoms with Crippen LogP contribution in [0.15, 0.2) is 0 Å². The van der Waals surface area contributed by atoms with Crippen LogP contribution in [0.4, 0.5) is 0 Å². The lowest BCUT2D eigenvalue weighted by Crippen LogP contribution is -2.30. The summed E-state index contributed by atoms with van der Waals surface area (Å²) in [7, 11) is 2.60. The molecule has 0 unspecified atom stereocenters. The quantitative estimate of drug-likeness (QED) is 0.580. The fraction of sp³-hybridized carbons (Fsp3) is 1.00. The van der Waals surface area contributed by atoms with E-state index in [4.69, 9.17) is 0 Å². The van der Waals surface area contributed by atoms with E-state index in [1.54, 1.807) is 12.1 Å². The Balaban J connectivity index is 3.79. The van der Waals surface area contributed by atoms with Crippen molar-refractivity contribution in [3.63, 3.8) is 0 Å². The normalized spacial score (nSPS) is 12.4. The molecule has 0 aliphatic carbocycles. The summed E-state index contributed by atoms with van der Waals surface area (Å²) in [5.74, 6) is 2.76. The molecule has 0 amide bonds. The molecule has 0 aromatic heterocycles. The summed E-state index contributed by atoms with van der Waals surface area (Å²) in [6.45, 7) is 14.3. The zero-order chi connectivity index (χ0) is 11.8. The van der Waals surface area contributed by atoms with Crippen molar-refractivity contribution >= 4 is 25.9 Å². The van der Waals surface area contributed by atoms with Crippen molar-refractivity contribution in [1.29, 1.82) is 0 Å². The second-order valence-corrected chi connectivity index (χ2v) is 14.9. The molecule has 0 aliphatic heterocycles. The third-order valence-electron chi connectivity index (χ3n) is 2.08. The van der Waals surface area contributed by atoms with Crippen LogP contribution < -0.4 is 0 Å². The van der Waals surface area contributed by atoms with Gasteiger partial charge in [-0.15, -0.1) is 0 Å². The summed E-state index contributed by atoms with van der Waals surface area (Å²) in [6, 6.07) is 4.57. The first-order chi connectivity index (χ1) is 6.91. The number of hydrogen-bond acceptors (Lipinski definition) is 0. The average molecular weight is 256 g/mol. The molecule has 0 N–H and O–H groups in total. The molecule has 0 atom stereocenters. The summed E-state index contributed by atoms with van der Waals surface area (Å²) in [4.78, 5) is 0. The highest BCUT2D eigenvalue weighted by molar-refractivity contribution is 7.35. The summed E-state index contributed by atoms with van der Waals surface area (Å²) in [6.07, 6.45) is 0. The van der Waals surface area contributed by atoms with Gasteiger partial charge in [0, 0.05) is 25.9 Å². The van der Waals surface area contributed by atoms with Crippen LogP contribution in [0.3, 0.4) is 0 Å². The Labute approximate surface area is 103 Å². The molecule has 87 valence electrons. The van der Waals surface area contributed by atoms with Crippen LogP contribution in [0.2, 0.25) is 18.1 Å². The van der Waals surface area contributed by atoms with E-state index in [1.807, 2.05) is 0 Å². The molecule has 0 aliphatic rings. The standard InChI is InChI=1S/C12H27Si3/c1-10(2)7-13-14-15(8-11(3)4)9-12(5)6/h10-12H,7-9H2,1-6H3. The van der Waals surface area contributed by atoms with Gasteiger partial charge >= 0.3 is 0 Å². The Bertz CT molecular complexity index is 134. The van der Waals surface area contributed by atoms with Gasteiger partial charge < -0.3 is 0 Å². The van der Waals surface area contributed by atoms with Crippen LogP contribution in [0, 0.1) is 17.8 Å². The summed E-state index contributed by atoms with van der Waals surface area (Å²) in [5, 5.41) is 0. The molecule has 0 aromatic rings. The maximum atomic E-state index is 2.39. The van der Waals surface area contributed by atoms with Crippen LogP contribution in [0.25, 0.3) is 0 Å². The summed E-state index contributed by atoms with van der Waals surface area (Å²) < 4.78 is 0. The second kappa shape index (κ2) is 8.76. The molecule has 0 saturated heterocycles. The third-order valence-corrected chi connectivity index (χ3v) is 14.5. The highest BCUT2D eigenvalue weighted by atomic mass is 29.5. The van der Waals surface area contributed by atoms with Crippen LogP contribution in [-0.4, -0.2) is 25.9 Å². The van der Waals surface area contributed by atoms with E-state index in [0.717, 1.165) is 17.8 Å². The first-order valence-corrected chi connectivity index (χ1v) is 12.4. The Morgan fingerprint density at radius 2 is 1.27 bits per heavy atom. The predicted molar refractivity (Wildman–Crippen MR) is 76.2 cm³/mol. The van der Waals surface area contributed by atoms with Gasteiger partial charge in [0.2, 0.25) is 0 Å². The Morgan fingerprint density at radius 1 is 0.800 bits per heavy atom. The van der Waals surface area contributed by atoms with E-state index in [2.05, 4.69) is 41.5 Å². The van der Waals surface area contributed by atoms with Crippen molar-refractivity contribution in [3.8, 4) is 0 Å². The van der Waals surface area contributed by atoms with Gasteiger partial charge in [0.15, 0.2) is 0 Å². The van der Waals surface area contributed by atoms with E-state index >= 15 is 0 Å². The monoisotopic (exact) mass is 255 g/mol. The minimum Gasteiger partial charge on any atom is -0.0631 e. The minimum atomic E-state index is 0.000808. The van der Waals surface area contributed by atoms with Gasteiger partial charge in [0.05, 0.1) is 0 Å². The van der Waals surface area contributed by atoms with E-state index in [1.165, 1.54) is 23.6 Å². The Morgan fingerprint density at radius 3 is 1.60 bits per heavy atom. The molecule has 15 heavy (non-hydrogen) atoms. The molecule has 0 spiro atoms. The van der Waals surface area contributed by atoms with E-state index < -0.39 is 0 Å². The van der Waals surface area contributed by atoms with Gasteiger partial charge in [-0.2, -0.15) is 0 Å². The SMILES string of the molecule is CC(C)C[Si][Si][Si](CC(C)C)CC(C)C. The first kappa shape index (κ1) is 15.7. The fourth-order valence-corrected chi connectivity index (χ4v) is 15.0. The molecule has 0 aromatic carbocycles. The molecule has 0 rings (SSSR count). The largest absolute Gasteiger partial charge is 0.0631 e. The van der Waals surface area contributed by atoms with Crippen molar-refractivity contribution in [2.45, 2.75) is 59.7 Å². The van der Waals surface area contributed by atoms with Crippen molar-refractivity contribution in [2.24, 2.45) is 17.8 Å². The second-order valence-electron chi connectivity index (χ2n) is 5.70. The van der Waals surface area contributed by atoms with Crippen molar-refractivity contribution in [1.82, 2.24) is 0 Å². The zero-order valence-corrected chi connectivity index (χ0v) is 14.4. The van der Waals surface area contributed by atoms with Crippen LogP contribution in [0.5, 0.6) is 0 Å². The summed E-state index contributed by atoms with van der Waals surface area (Å²) >= 11 is 0. The molecular weight excluding hydrogens is 228 g/mol. The smallest absolute Gasteiger partial charge is 0.0311 e. The van der Waals surface area contributed by atoms with Crippen molar-refractivity contribution in [3.05, 3.63) is 0 Å². The molecule has 0 bridgehead atoms. The maximum Gasteiger partial charge on any atom is 0.0311 e.